The molecule has 0 bridgehead atoms. The molecule has 3 heteroatoms. The van der Waals surface area contributed by atoms with Crippen LogP contribution < -0.4 is 0 Å². The molecule has 1 aromatic rings. The van der Waals surface area contributed by atoms with E-state index in [1.807, 2.05) is 13.8 Å². The fourth-order valence-corrected chi connectivity index (χ4v) is 2.29. The number of Topliss-reactive ketones (excluding diaryl/α,β-unsaturated/α-hetero) is 1. The van der Waals surface area contributed by atoms with Crippen LogP contribution in [-0.4, -0.2) is 18.5 Å². The Kier molecular flexibility index (Phi) is 4.12. The summed E-state index contributed by atoms with van der Waals surface area (Å²) in [5.41, 5.74) is 1.55. The highest BCUT2D eigenvalue weighted by atomic mass is 19.1. The Hall–Kier alpha value is -1.22. The van der Waals surface area contributed by atoms with E-state index in [9.17, 15) is 9.18 Å². The second kappa shape index (κ2) is 5.61. The van der Waals surface area contributed by atoms with Gasteiger partial charge in [-0.3, -0.25) is 4.79 Å². The van der Waals surface area contributed by atoms with Crippen molar-refractivity contribution in [1.29, 1.82) is 0 Å². The van der Waals surface area contributed by atoms with Gasteiger partial charge in [0.25, 0.3) is 0 Å². The molecule has 0 aromatic heterocycles. The van der Waals surface area contributed by atoms with Crippen LogP contribution in [0.25, 0.3) is 0 Å². The number of ether oxygens (including phenoxy) is 1. The number of hydrogen-bond donors (Lipinski definition) is 0. The lowest BCUT2D eigenvalue weighted by atomic mass is 9.97. The average molecular weight is 250 g/mol. The van der Waals surface area contributed by atoms with Crippen molar-refractivity contribution in [2.75, 3.05) is 6.61 Å². The maximum absolute atomic E-state index is 13.5. The van der Waals surface area contributed by atoms with Gasteiger partial charge in [-0.2, -0.15) is 0 Å². The molecule has 18 heavy (non-hydrogen) atoms. The summed E-state index contributed by atoms with van der Waals surface area (Å²) in [7, 11) is 0. The molecule has 1 saturated heterocycles. The van der Waals surface area contributed by atoms with Crippen LogP contribution >= 0.6 is 0 Å². The molecular formula is C15H19FO2. The normalized spacial score (nSPS) is 19.4. The van der Waals surface area contributed by atoms with Crippen molar-refractivity contribution in [1.82, 2.24) is 0 Å². The Morgan fingerprint density at radius 1 is 1.50 bits per heavy atom. The van der Waals surface area contributed by atoms with E-state index in [0.29, 0.717) is 18.6 Å². The van der Waals surface area contributed by atoms with Gasteiger partial charge in [0.1, 0.15) is 11.9 Å². The van der Waals surface area contributed by atoms with Gasteiger partial charge in [0.15, 0.2) is 5.78 Å². The molecule has 0 amide bonds. The largest absolute Gasteiger partial charge is 0.370 e. The van der Waals surface area contributed by atoms with Gasteiger partial charge in [0.05, 0.1) is 0 Å². The first kappa shape index (κ1) is 13.2. The van der Waals surface area contributed by atoms with Crippen LogP contribution in [0.5, 0.6) is 0 Å². The van der Waals surface area contributed by atoms with Gasteiger partial charge in [-0.1, -0.05) is 26.0 Å². The van der Waals surface area contributed by atoms with Gasteiger partial charge in [0, 0.05) is 13.0 Å². The number of benzene rings is 1. The van der Waals surface area contributed by atoms with Gasteiger partial charge < -0.3 is 4.74 Å². The highest BCUT2D eigenvalue weighted by Gasteiger charge is 2.23. The summed E-state index contributed by atoms with van der Waals surface area (Å²) in [5.74, 6) is 0.0370. The highest BCUT2D eigenvalue weighted by molar-refractivity contribution is 5.85. The minimum Gasteiger partial charge on any atom is -0.370 e. The van der Waals surface area contributed by atoms with Crippen molar-refractivity contribution in [3.8, 4) is 0 Å². The SMILES string of the molecule is CC(C)c1cc(CC(=O)[C@H]2CCCO2)ccc1F. The summed E-state index contributed by atoms with van der Waals surface area (Å²) < 4.78 is 18.9. The Balaban J connectivity index is 2.09. The Morgan fingerprint density at radius 3 is 2.89 bits per heavy atom. The van der Waals surface area contributed by atoms with Gasteiger partial charge in [-0.15, -0.1) is 0 Å². The van der Waals surface area contributed by atoms with Crippen molar-refractivity contribution < 1.29 is 13.9 Å². The third-order valence-corrected chi connectivity index (χ3v) is 3.35. The summed E-state index contributed by atoms with van der Waals surface area (Å²) in [4.78, 5) is 12.0. The zero-order valence-electron chi connectivity index (χ0n) is 10.9. The van der Waals surface area contributed by atoms with Crippen LogP contribution in [0.3, 0.4) is 0 Å². The molecule has 0 unspecified atom stereocenters. The van der Waals surface area contributed by atoms with Crippen molar-refractivity contribution in [2.24, 2.45) is 0 Å². The number of hydrogen-bond acceptors (Lipinski definition) is 2. The summed E-state index contributed by atoms with van der Waals surface area (Å²) in [6.45, 7) is 4.57. The maximum Gasteiger partial charge on any atom is 0.165 e. The van der Waals surface area contributed by atoms with Gasteiger partial charge in [-0.05, 0) is 36.0 Å². The zero-order valence-corrected chi connectivity index (χ0v) is 10.9. The third kappa shape index (κ3) is 2.96. The first-order valence-electron chi connectivity index (χ1n) is 6.50. The third-order valence-electron chi connectivity index (χ3n) is 3.35. The van der Waals surface area contributed by atoms with E-state index in [2.05, 4.69) is 0 Å². The van der Waals surface area contributed by atoms with E-state index in [1.54, 1.807) is 12.1 Å². The molecule has 2 rings (SSSR count). The van der Waals surface area contributed by atoms with Crippen molar-refractivity contribution in [2.45, 2.75) is 45.1 Å². The van der Waals surface area contributed by atoms with Crippen LogP contribution in [-0.2, 0) is 16.0 Å². The van der Waals surface area contributed by atoms with E-state index >= 15 is 0 Å². The maximum atomic E-state index is 13.5. The standard InChI is InChI=1S/C15H19FO2/c1-10(2)12-8-11(5-6-13(12)16)9-14(17)15-4-3-7-18-15/h5-6,8,10,15H,3-4,7,9H2,1-2H3/t15-/m1/s1. The molecule has 1 fully saturated rings. The molecule has 98 valence electrons. The first-order valence-corrected chi connectivity index (χ1v) is 6.50. The molecule has 0 aliphatic carbocycles. The summed E-state index contributed by atoms with van der Waals surface area (Å²) in [5, 5.41) is 0. The van der Waals surface area contributed by atoms with Crippen LogP contribution in [0, 0.1) is 5.82 Å². The second-order valence-corrected chi connectivity index (χ2v) is 5.16. The van der Waals surface area contributed by atoms with E-state index in [0.717, 1.165) is 18.4 Å². The van der Waals surface area contributed by atoms with Gasteiger partial charge >= 0.3 is 0 Å². The topological polar surface area (TPSA) is 26.3 Å². The lowest BCUT2D eigenvalue weighted by molar-refractivity contribution is -0.127. The molecule has 1 heterocycles. The monoisotopic (exact) mass is 250 g/mol. The Morgan fingerprint density at radius 2 is 2.28 bits per heavy atom. The summed E-state index contributed by atoms with van der Waals surface area (Å²) in [6, 6.07) is 4.94. The van der Waals surface area contributed by atoms with Crippen LogP contribution in [0.2, 0.25) is 0 Å². The molecular weight excluding hydrogens is 231 g/mol. The smallest absolute Gasteiger partial charge is 0.165 e. The van der Waals surface area contributed by atoms with E-state index in [4.69, 9.17) is 4.74 Å². The minimum atomic E-state index is -0.252. The minimum absolute atomic E-state index is 0.105. The number of rotatable bonds is 4. The average Bonchev–Trinajstić information content (AvgIpc) is 2.85. The van der Waals surface area contributed by atoms with Crippen molar-refractivity contribution >= 4 is 5.78 Å². The number of carbonyl (C=O) groups excluding carboxylic acids is 1. The number of halogens is 1. The van der Waals surface area contributed by atoms with Crippen LogP contribution in [0.1, 0.15) is 43.7 Å². The lowest BCUT2D eigenvalue weighted by Gasteiger charge is -2.11. The molecule has 1 aromatic carbocycles. The van der Waals surface area contributed by atoms with E-state index < -0.39 is 0 Å². The molecule has 1 aliphatic rings. The van der Waals surface area contributed by atoms with Crippen molar-refractivity contribution in [3.05, 3.63) is 35.1 Å². The van der Waals surface area contributed by atoms with Crippen molar-refractivity contribution in [3.63, 3.8) is 0 Å². The Bertz CT molecular complexity index is 434. The fourth-order valence-electron chi connectivity index (χ4n) is 2.29. The van der Waals surface area contributed by atoms with E-state index in [1.165, 1.54) is 6.07 Å². The second-order valence-electron chi connectivity index (χ2n) is 5.16. The molecule has 0 spiro atoms. The lowest BCUT2D eigenvalue weighted by Crippen LogP contribution is -2.21. The molecule has 1 aliphatic heterocycles. The molecule has 0 N–H and O–H groups in total. The van der Waals surface area contributed by atoms with E-state index in [-0.39, 0.29) is 23.6 Å². The van der Waals surface area contributed by atoms with Crippen LogP contribution in [0.15, 0.2) is 18.2 Å². The molecule has 2 nitrogen and oxygen atoms in total. The highest BCUT2D eigenvalue weighted by Crippen LogP contribution is 2.21. The predicted molar refractivity (Wildman–Crippen MR) is 68.2 cm³/mol. The summed E-state index contributed by atoms with van der Waals surface area (Å²) >= 11 is 0. The molecule has 0 radical (unpaired) electrons. The molecule has 0 saturated carbocycles. The number of carbonyl (C=O) groups is 1. The van der Waals surface area contributed by atoms with Gasteiger partial charge in [0.2, 0.25) is 0 Å². The van der Waals surface area contributed by atoms with Crippen LogP contribution in [0.4, 0.5) is 4.39 Å². The quantitative estimate of drug-likeness (QED) is 0.820. The Labute approximate surface area is 107 Å². The zero-order chi connectivity index (χ0) is 13.1. The summed E-state index contributed by atoms with van der Waals surface area (Å²) in [6.07, 6.45) is 1.86. The fraction of sp³-hybridized carbons (Fsp3) is 0.533. The number of ketones is 1. The molecule has 1 atom stereocenters. The van der Waals surface area contributed by atoms with Gasteiger partial charge in [-0.25, -0.2) is 4.39 Å². The first-order chi connectivity index (χ1) is 8.58. The predicted octanol–water partition coefficient (Wildman–Crippen LogP) is 3.24.